The number of anilines is 4. The number of ether oxygens (including phenoxy) is 4. The Kier molecular flexibility index (Phi) is 8.39. The van der Waals surface area contributed by atoms with Gasteiger partial charge in [0, 0.05) is 30.1 Å². The molecular weight excluding hydrogens is 849 g/mol. The Balaban J connectivity index is 1.08. The van der Waals surface area contributed by atoms with Gasteiger partial charge in [-0.25, -0.2) is 0 Å². The molecule has 0 saturated carbocycles. The summed E-state index contributed by atoms with van der Waals surface area (Å²) in [6.07, 6.45) is 4.34. The van der Waals surface area contributed by atoms with Crippen molar-refractivity contribution >= 4 is 116 Å². The van der Waals surface area contributed by atoms with Gasteiger partial charge in [-0.05, 0) is 176 Å². The van der Waals surface area contributed by atoms with E-state index in [0.717, 1.165) is 85.1 Å². The highest BCUT2D eigenvalue weighted by atomic mass is 32.2. The largest absolute Gasteiger partial charge is 0.458 e. The van der Waals surface area contributed by atoms with E-state index in [2.05, 4.69) is 180 Å². The lowest BCUT2D eigenvalue weighted by molar-refractivity contribution is 0.463. The molecule has 13 rings (SSSR count). The van der Waals surface area contributed by atoms with Crippen molar-refractivity contribution in [1.29, 1.82) is 0 Å². The Morgan fingerprint density at radius 2 is 0.712 bits per heavy atom. The third-order valence-electron chi connectivity index (χ3n) is 14.7. The standard InChI is InChI=1S/C55H49B3N2O4S2/c1-28-16-41-51-47(18-28)61-43-14-12-31(54(4,5)6)22-35(43)56(51)33-24-37-45(26-39(33)59(41)65-10)63-48-19-29(2)17-42-52(48)57(37)34-25-38-46(27-40(34)60(42)66-11)64-50-21-30(3)20-49-53(50)58(38)36-23-32(55(7,8)9)13-15-44(36)62-49/h12-27H,1-11H3. The average Bonchev–Trinajstić information content (AvgIpc) is 3.26. The number of hydrogen-bond acceptors (Lipinski definition) is 8. The predicted molar refractivity (Wildman–Crippen MR) is 282 cm³/mol. The Morgan fingerprint density at radius 1 is 0.364 bits per heavy atom. The predicted octanol–water partition coefficient (Wildman–Crippen LogP) is 8.64. The van der Waals surface area contributed by atoms with E-state index in [1.165, 1.54) is 60.6 Å². The zero-order valence-electron chi connectivity index (χ0n) is 39.3. The molecule has 11 heteroatoms. The van der Waals surface area contributed by atoms with E-state index in [1.807, 2.05) is 0 Å². The van der Waals surface area contributed by atoms with Crippen molar-refractivity contribution in [3.63, 3.8) is 0 Å². The van der Waals surface area contributed by atoms with Crippen LogP contribution in [0.3, 0.4) is 0 Å². The Labute approximate surface area is 397 Å². The van der Waals surface area contributed by atoms with Gasteiger partial charge >= 0.3 is 0 Å². The molecule has 0 spiro atoms. The lowest BCUT2D eigenvalue weighted by Crippen LogP contribution is -2.64. The van der Waals surface area contributed by atoms with Crippen LogP contribution in [0.2, 0.25) is 0 Å². The number of hydrogen-bond donors (Lipinski definition) is 0. The Bertz CT molecular complexity index is 3360. The van der Waals surface area contributed by atoms with Gasteiger partial charge in [-0.3, -0.25) is 8.61 Å². The molecule has 324 valence electrons. The van der Waals surface area contributed by atoms with Gasteiger partial charge in [0.25, 0.3) is 20.1 Å². The molecule has 6 aliphatic rings. The molecule has 0 N–H and O–H groups in total. The number of aryl methyl sites for hydroxylation is 3. The summed E-state index contributed by atoms with van der Waals surface area (Å²) in [5.41, 5.74) is 21.2. The minimum Gasteiger partial charge on any atom is -0.458 e. The van der Waals surface area contributed by atoms with Crippen LogP contribution in [0, 0.1) is 20.8 Å². The van der Waals surface area contributed by atoms with Crippen LogP contribution in [-0.2, 0) is 10.8 Å². The Hall–Kier alpha value is -5.77. The van der Waals surface area contributed by atoms with Crippen molar-refractivity contribution in [3.8, 4) is 46.0 Å². The minimum atomic E-state index is -0.116. The topological polar surface area (TPSA) is 43.4 Å². The summed E-state index contributed by atoms with van der Waals surface area (Å²) in [5, 5.41) is 0. The molecule has 0 saturated heterocycles. The summed E-state index contributed by atoms with van der Waals surface area (Å²) < 4.78 is 32.7. The molecular formula is C55H49B3N2O4S2. The fourth-order valence-corrected chi connectivity index (χ4v) is 13.0. The van der Waals surface area contributed by atoms with Gasteiger partial charge in [0.05, 0.1) is 22.7 Å². The van der Waals surface area contributed by atoms with Gasteiger partial charge in [0.1, 0.15) is 46.0 Å². The van der Waals surface area contributed by atoms with Crippen LogP contribution in [0.25, 0.3) is 0 Å². The van der Waals surface area contributed by atoms with Gasteiger partial charge in [0.15, 0.2) is 0 Å². The van der Waals surface area contributed by atoms with Crippen molar-refractivity contribution in [2.75, 3.05) is 21.1 Å². The highest BCUT2D eigenvalue weighted by Crippen LogP contribution is 2.46. The van der Waals surface area contributed by atoms with Crippen molar-refractivity contribution in [2.24, 2.45) is 0 Å². The van der Waals surface area contributed by atoms with E-state index in [0.29, 0.717) is 0 Å². The fourth-order valence-electron chi connectivity index (χ4n) is 11.6. The quantitative estimate of drug-likeness (QED) is 0.126. The van der Waals surface area contributed by atoms with Crippen LogP contribution in [0.15, 0.2) is 97.1 Å². The molecule has 7 aromatic rings. The first-order valence-electron chi connectivity index (χ1n) is 23.1. The monoisotopic (exact) mass is 898 g/mol. The van der Waals surface area contributed by atoms with Gasteiger partial charge < -0.3 is 18.9 Å². The number of rotatable bonds is 2. The third kappa shape index (κ3) is 5.62. The van der Waals surface area contributed by atoms with Crippen molar-refractivity contribution in [3.05, 3.63) is 125 Å². The third-order valence-corrected chi connectivity index (χ3v) is 16.2. The van der Waals surface area contributed by atoms with Crippen molar-refractivity contribution in [2.45, 2.75) is 73.1 Å². The first-order chi connectivity index (χ1) is 31.6. The van der Waals surface area contributed by atoms with Crippen LogP contribution in [0.4, 0.5) is 22.7 Å². The summed E-state index contributed by atoms with van der Waals surface area (Å²) in [6, 6.07) is 36.7. The second-order valence-electron chi connectivity index (χ2n) is 21.1. The number of nitrogens with zero attached hydrogens (tertiary/aromatic N) is 2. The van der Waals surface area contributed by atoms with E-state index in [4.69, 9.17) is 18.9 Å². The molecule has 0 radical (unpaired) electrons. The number of fused-ring (bicyclic) bond motifs is 12. The second kappa shape index (κ2) is 13.7. The molecule has 0 aromatic heterocycles. The number of benzene rings is 7. The van der Waals surface area contributed by atoms with E-state index < -0.39 is 0 Å². The maximum Gasteiger partial charge on any atom is 0.260 e. The van der Waals surface area contributed by atoms with Crippen LogP contribution in [-0.4, -0.2) is 32.6 Å². The summed E-state index contributed by atoms with van der Waals surface area (Å²) in [4.78, 5) is 0. The highest BCUT2D eigenvalue weighted by molar-refractivity contribution is 8.00. The minimum absolute atomic E-state index is 0.0344. The molecule has 0 unspecified atom stereocenters. The van der Waals surface area contributed by atoms with Gasteiger partial charge in [-0.1, -0.05) is 77.9 Å². The van der Waals surface area contributed by atoms with E-state index in [1.54, 1.807) is 23.9 Å². The molecule has 0 fully saturated rings. The summed E-state index contributed by atoms with van der Waals surface area (Å²) in [5.74, 6) is 7.16. The van der Waals surface area contributed by atoms with E-state index in [-0.39, 0.29) is 31.0 Å². The van der Waals surface area contributed by atoms with Crippen LogP contribution in [0.5, 0.6) is 46.0 Å². The van der Waals surface area contributed by atoms with Gasteiger partial charge in [-0.2, -0.15) is 0 Å². The van der Waals surface area contributed by atoms with Crippen molar-refractivity contribution in [1.82, 2.24) is 0 Å². The molecule has 0 atom stereocenters. The van der Waals surface area contributed by atoms with Crippen LogP contribution < -0.4 is 76.7 Å². The first kappa shape index (κ1) is 40.5. The first-order valence-corrected chi connectivity index (χ1v) is 25.4. The molecule has 0 aliphatic carbocycles. The fraction of sp³-hybridized carbons (Fsp3) is 0.236. The summed E-state index contributed by atoms with van der Waals surface area (Å²) >= 11 is 3.46. The van der Waals surface area contributed by atoms with Gasteiger partial charge in [0.2, 0.25) is 0 Å². The summed E-state index contributed by atoms with van der Waals surface area (Å²) in [7, 11) is 0. The zero-order chi connectivity index (χ0) is 45.5. The lowest BCUT2D eigenvalue weighted by Gasteiger charge is -2.43. The Morgan fingerprint density at radius 3 is 1.11 bits per heavy atom. The molecule has 66 heavy (non-hydrogen) atoms. The lowest BCUT2D eigenvalue weighted by atomic mass is 9.30. The van der Waals surface area contributed by atoms with Crippen LogP contribution >= 0.6 is 23.9 Å². The maximum atomic E-state index is 7.21. The maximum absolute atomic E-state index is 7.21. The second-order valence-corrected chi connectivity index (χ2v) is 22.6. The summed E-state index contributed by atoms with van der Waals surface area (Å²) in [6.45, 7) is 20.0. The molecule has 0 amide bonds. The van der Waals surface area contributed by atoms with E-state index in [9.17, 15) is 0 Å². The molecule has 6 heterocycles. The normalized spacial score (nSPS) is 15.0. The zero-order valence-corrected chi connectivity index (χ0v) is 40.9. The highest BCUT2D eigenvalue weighted by Gasteiger charge is 2.49. The SMILES string of the molecule is CSN1c2cc3c(cc2B2c4cc5c(cc4Oc4cc(C)cc1c42)N(SC)c1cc(C)cc2c1B5c1cc(C(C)(C)C)ccc1O2)B1c2cc(C(C)(C)C)ccc2Oc2cc(C)cc(c21)O3. The average molecular weight is 899 g/mol. The smallest absolute Gasteiger partial charge is 0.260 e. The molecule has 6 aliphatic heterocycles. The van der Waals surface area contributed by atoms with E-state index >= 15 is 0 Å². The van der Waals surface area contributed by atoms with Crippen LogP contribution in [0.1, 0.15) is 69.4 Å². The van der Waals surface area contributed by atoms with Gasteiger partial charge in [-0.15, -0.1) is 0 Å². The molecule has 7 aromatic carbocycles. The van der Waals surface area contributed by atoms with Crippen molar-refractivity contribution < 1.29 is 18.9 Å². The molecule has 6 nitrogen and oxygen atoms in total. The molecule has 0 bridgehead atoms.